The molecular weight excluding hydrogens is 566 g/mol. The van der Waals surface area contributed by atoms with Gasteiger partial charge >= 0.3 is 0 Å². The van der Waals surface area contributed by atoms with Crippen molar-refractivity contribution in [2.75, 3.05) is 12.3 Å². The molecule has 2 aromatic rings. The first-order valence-electron chi connectivity index (χ1n) is 15.2. The quantitative estimate of drug-likeness (QED) is 0.362. The van der Waals surface area contributed by atoms with Crippen LogP contribution in [-0.2, 0) is 32.1 Å². The number of anilines is 1. The lowest BCUT2D eigenvalue weighted by Gasteiger charge is -2.59. The van der Waals surface area contributed by atoms with E-state index in [-0.39, 0.29) is 30.1 Å². The number of carbonyl (C=O) groups is 2. The Morgan fingerprint density at radius 1 is 1.16 bits per heavy atom. The maximum atomic E-state index is 13.8. The fourth-order valence-electron chi connectivity index (χ4n) is 9.61. The van der Waals surface area contributed by atoms with Crippen LogP contribution in [-0.4, -0.2) is 51.3 Å². The van der Waals surface area contributed by atoms with Crippen LogP contribution < -0.4 is 5.73 Å². The van der Waals surface area contributed by atoms with Gasteiger partial charge in [0.1, 0.15) is 6.61 Å². The normalized spacial score (nSPS) is 39.6. The van der Waals surface area contributed by atoms with E-state index in [1.54, 1.807) is 29.6 Å². The number of ether oxygens (including phenoxy) is 2. The van der Waals surface area contributed by atoms with E-state index < -0.39 is 47.3 Å². The molecule has 5 aliphatic rings. The van der Waals surface area contributed by atoms with Crippen LogP contribution >= 0.6 is 11.3 Å². The van der Waals surface area contributed by atoms with Gasteiger partial charge in [0.25, 0.3) is 0 Å². The molecule has 8 nitrogen and oxygen atoms in total. The molecule has 1 aromatic carbocycles. The fourth-order valence-corrected chi connectivity index (χ4v) is 10.6. The minimum atomic E-state index is -1.37. The summed E-state index contributed by atoms with van der Waals surface area (Å²) in [6.07, 6.45) is 6.50. The van der Waals surface area contributed by atoms with E-state index >= 15 is 0 Å². The highest BCUT2D eigenvalue weighted by atomic mass is 32.1. The Kier molecular flexibility index (Phi) is 6.89. The second-order valence-electron chi connectivity index (χ2n) is 13.6. The Labute approximate surface area is 255 Å². The molecule has 3 saturated carbocycles. The van der Waals surface area contributed by atoms with Gasteiger partial charge in [-0.05, 0) is 85.1 Å². The summed E-state index contributed by atoms with van der Waals surface area (Å²) in [5, 5.41) is 31.6. The highest BCUT2D eigenvalue weighted by molar-refractivity contribution is 7.12. The van der Waals surface area contributed by atoms with Crippen molar-refractivity contribution in [2.45, 2.75) is 76.7 Å². The Balaban J connectivity index is 1.18. The van der Waals surface area contributed by atoms with E-state index in [1.807, 2.05) is 37.3 Å². The van der Waals surface area contributed by atoms with Gasteiger partial charge in [0.05, 0.1) is 23.7 Å². The lowest BCUT2D eigenvalue weighted by Crippen LogP contribution is -2.63. The number of ketones is 2. The van der Waals surface area contributed by atoms with E-state index in [0.717, 1.165) is 39.3 Å². The van der Waals surface area contributed by atoms with Crippen LogP contribution in [0, 0.1) is 28.6 Å². The summed E-state index contributed by atoms with van der Waals surface area (Å²) in [5.41, 5.74) is 6.94. The number of rotatable bonds is 6. The molecule has 0 bridgehead atoms. The highest BCUT2D eigenvalue weighted by Crippen LogP contribution is 2.70. The number of allylic oxidation sites excluding steroid dienone is 4. The number of Topliss-reactive ketones (excluding diaryl/α,β-unsaturated/α-hetero) is 1. The van der Waals surface area contributed by atoms with E-state index in [0.29, 0.717) is 24.9 Å². The molecule has 7 rings (SSSR count). The molecule has 228 valence electrons. The first kappa shape index (κ1) is 29.1. The van der Waals surface area contributed by atoms with E-state index in [4.69, 9.17) is 15.2 Å². The monoisotopic (exact) mass is 605 g/mol. The number of benzene rings is 1. The Morgan fingerprint density at radius 3 is 2.72 bits per heavy atom. The van der Waals surface area contributed by atoms with Gasteiger partial charge in [-0.15, -0.1) is 11.3 Å². The molecule has 43 heavy (non-hydrogen) atoms. The van der Waals surface area contributed by atoms with Gasteiger partial charge in [0.15, 0.2) is 23.5 Å². The molecule has 4 fully saturated rings. The SMILES string of the molecule is C[C@]12C=CC(=O)C=C1CC[C@@H]1[C@@H]2[C@@H](O)C[C@@]2(C)[C@H]1C[C@H]1O[C@@H](c3ccc(Cc4cc(N)cc(CO)c4)s3)O[C@]12C(=O)CO. The predicted molar refractivity (Wildman–Crippen MR) is 161 cm³/mol. The van der Waals surface area contributed by atoms with Crippen molar-refractivity contribution < 1.29 is 34.4 Å². The average Bonchev–Trinajstić information content (AvgIpc) is 3.65. The maximum Gasteiger partial charge on any atom is 0.194 e. The van der Waals surface area contributed by atoms with Crippen molar-refractivity contribution in [2.24, 2.45) is 28.6 Å². The van der Waals surface area contributed by atoms with Crippen LogP contribution in [0.5, 0.6) is 0 Å². The summed E-state index contributed by atoms with van der Waals surface area (Å²) >= 11 is 1.54. The number of hydrogen-bond acceptors (Lipinski definition) is 9. The highest BCUT2D eigenvalue weighted by Gasteiger charge is 2.76. The summed E-state index contributed by atoms with van der Waals surface area (Å²) in [4.78, 5) is 27.8. The predicted octanol–water partition coefficient (Wildman–Crippen LogP) is 4.02. The topological polar surface area (TPSA) is 139 Å². The molecule has 0 amide bonds. The maximum absolute atomic E-state index is 13.8. The molecule has 1 saturated heterocycles. The molecule has 0 spiro atoms. The van der Waals surface area contributed by atoms with Crippen molar-refractivity contribution in [3.8, 4) is 0 Å². The van der Waals surface area contributed by atoms with Crippen molar-refractivity contribution in [1.82, 2.24) is 0 Å². The van der Waals surface area contributed by atoms with Crippen LogP contribution in [0.25, 0.3) is 0 Å². The first-order chi connectivity index (χ1) is 20.5. The minimum Gasteiger partial charge on any atom is -0.399 e. The van der Waals surface area contributed by atoms with Gasteiger partial charge < -0.3 is 30.5 Å². The third kappa shape index (κ3) is 4.20. The molecule has 4 aliphatic carbocycles. The summed E-state index contributed by atoms with van der Waals surface area (Å²) in [6.45, 7) is 3.43. The standard InChI is InChI=1S/C34H39NO7S/c1-32-8-7-22(38)13-20(32)3-5-24-25-14-29-34(28(40)17-37,33(25,2)15-26(39)30(24)32)42-31(41-29)27-6-4-23(43-27)12-18-9-19(16-36)11-21(35)10-18/h4,6-11,13,24-26,29-31,36-37,39H,3,5,12,14-17,35H2,1-2H3/t24-,25-,26-,29+,30+,31+,32-,33-,34+/m0/s1. The second-order valence-corrected chi connectivity index (χ2v) is 14.8. The first-order valence-corrected chi connectivity index (χ1v) is 16.0. The number of aliphatic hydroxyl groups is 3. The number of nitrogens with two attached hydrogens (primary N) is 1. The van der Waals surface area contributed by atoms with Crippen molar-refractivity contribution >= 4 is 28.6 Å². The Bertz CT molecular complexity index is 1550. The zero-order chi connectivity index (χ0) is 30.3. The molecule has 1 aromatic heterocycles. The third-order valence-electron chi connectivity index (χ3n) is 11.3. The van der Waals surface area contributed by atoms with Gasteiger partial charge in [0.2, 0.25) is 0 Å². The smallest absolute Gasteiger partial charge is 0.194 e. The number of hydrogen-bond donors (Lipinski definition) is 4. The average molecular weight is 606 g/mol. The Morgan fingerprint density at radius 2 is 1.95 bits per heavy atom. The number of aliphatic hydroxyl groups excluding tert-OH is 3. The number of nitrogen functional groups attached to an aromatic ring is 1. The Hall–Kier alpha value is -2.66. The lowest BCUT2D eigenvalue weighted by atomic mass is 9.46. The van der Waals surface area contributed by atoms with E-state index in [2.05, 4.69) is 6.92 Å². The number of fused-ring (bicyclic) bond motifs is 7. The van der Waals surface area contributed by atoms with Gasteiger partial charge in [-0.2, -0.15) is 0 Å². The summed E-state index contributed by atoms with van der Waals surface area (Å²) in [6, 6.07) is 9.56. The zero-order valence-corrected chi connectivity index (χ0v) is 25.3. The van der Waals surface area contributed by atoms with Crippen molar-refractivity contribution in [3.63, 3.8) is 0 Å². The molecule has 9 heteroatoms. The molecule has 0 radical (unpaired) electrons. The number of carbonyl (C=O) groups excluding carboxylic acids is 2. The summed E-state index contributed by atoms with van der Waals surface area (Å²) < 4.78 is 13.3. The largest absolute Gasteiger partial charge is 0.399 e. The van der Waals surface area contributed by atoms with Gasteiger partial charge in [-0.25, -0.2) is 0 Å². The van der Waals surface area contributed by atoms with Crippen molar-refractivity contribution in [3.05, 3.63) is 75.0 Å². The van der Waals surface area contributed by atoms with E-state index in [1.165, 1.54) is 0 Å². The van der Waals surface area contributed by atoms with Crippen LogP contribution in [0.1, 0.15) is 66.7 Å². The second kappa shape index (κ2) is 10.2. The van der Waals surface area contributed by atoms with Gasteiger partial charge in [-0.1, -0.05) is 31.6 Å². The van der Waals surface area contributed by atoms with Crippen LogP contribution in [0.4, 0.5) is 5.69 Å². The van der Waals surface area contributed by atoms with Gasteiger partial charge in [0, 0.05) is 33.7 Å². The lowest BCUT2D eigenvalue weighted by molar-refractivity contribution is -0.200. The summed E-state index contributed by atoms with van der Waals surface area (Å²) in [5.74, 6) is -0.311. The molecule has 9 atom stereocenters. The fraction of sp³-hybridized carbons (Fsp3) is 0.529. The van der Waals surface area contributed by atoms with Crippen LogP contribution in [0.3, 0.4) is 0 Å². The molecule has 2 heterocycles. The van der Waals surface area contributed by atoms with Gasteiger partial charge in [-0.3, -0.25) is 9.59 Å². The number of thiophene rings is 1. The van der Waals surface area contributed by atoms with E-state index in [9.17, 15) is 24.9 Å². The minimum absolute atomic E-state index is 0.00339. The zero-order valence-electron chi connectivity index (χ0n) is 24.5. The molecular formula is C34H39NO7S. The van der Waals surface area contributed by atoms with Crippen LogP contribution in [0.2, 0.25) is 0 Å². The third-order valence-corrected chi connectivity index (χ3v) is 12.5. The van der Waals surface area contributed by atoms with Crippen LogP contribution in [0.15, 0.2) is 54.1 Å². The summed E-state index contributed by atoms with van der Waals surface area (Å²) in [7, 11) is 0. The molecule has 1 aliphatic heterocycles. The molecule has 5 N–H and O–H groups in total. The van der Waals surface area contributed by atoms with Crippen molar-refractivity contribution in [1.29, 1.82) is 0 Å². The molecule has 0 unspecified atom stereocenters.